The summed E-state index contributed by atoms with van der Waals surface area (Å²) < 4.78 is 21.2. The molecule has 0 saturated carbocycles. The van der Waals surface area contributed by atoms with Crippen molar-refractivity contribution in [1.82, 2.24) is 0 Å². The molecule has 0 atom stereocenters. The first kappa shape index (κ1) is 18.7. The van der Waals surface area contributed by atoms with Gasteiger partial charge < -0.3 is 23.1 Å². The van der Waals surface area contributed by atoms with Crippen LogP contribution in [0.1, 0.15) is 6.42 Å². The highest BCUT2D eigenvalue weighted by molar-refractivity contribution is 8.76. The van der Waals surface area contributed by atoms with Crippen LogP contribution < -0.4 is 0 Å². The molecular formula is C10H24O5S2Si. The smallest absolute Gasteiger partial charge is 0.394 e. The van der Waals surface area contributed by atoms with Crippen LogP contribution in [0.15, 0.2) is 0 Å². The number of aliphatic hydroxyl groups is 1. The molecule has 0 aromatic rings. The van der Waals surface area contributed by atoms with Gasteiger partial charge >= 0.3 is 8.80 Å². The first-order valence-electron chi connectivity index (χ1n) is 5.83. The van der Waals surface area contributed by atoms with Gasteiger partial charge in [0.2, 0.25) is 0 Å². The van der Waals surface area contributed by atoms with Gasteiger partial charge in [-0.25, -0.2) is 0 Å². The zero-order valence-corrected chi connectivity index (χ0v) is 14.0. The van der Waals surface area contributed by atoms with E-state index < -0.39 is 8.80 Å². The molecule has 0 aromatic heterocycles. The van der Waals surface area contributed by atoms with E-state index in [0.29, 0.717) is 13.2 Å². The van der Waals surface area contributed by atoms with E-state index in [1.807, 2.05) is 10.8 Å². The topological polar surface area (TPSA) is 57.2 Å². The zero-order valence-electron chi connectivity index (χ0n) is 11.3. The van der Waals surface area contributed by atoms with Gasteiger partial charge in [0.15, 0.2) is 0 Å². The SMILES string of the molecule is CO[Si](CCCSSCCOCCO)(OC)OC. The summed E-state index contributed by atoms with van der Waals surface area (Å²) in [5, 5.41) is 8.52. The quantitative estimate of drug-likeness (QED) is 0.315. The largest absolute Gasteiger partial charge is 0.500 e. The van der Waals surface area contributed by atoms with E-state index in [1.54, 1.807) is 32.1 Å². The lowest BCUT2D eigenvalue weighted by Gasteiger charge is -2.23. The molecule has 0 aliphatic rings. The van der Waals surface area contributed by atoms with E-state index >= 15 is 0 Å². The van der Waals surface area contributed by atoms with Crippen molar-refractivity contribution in [2.45, 2.75) is 12.5 Å². The van der Waals surface area contributed by atoms with Crippen LogP contribution in [0.5, 0.6) is 0 Å². The van der Waals surface area contributed by atoms with Crippen molar-refractivity contribution in [3.05, 3.63) is 0 Å². The maximum atomic E-state index is 8.52. The van der Waals surface area contributed by atoms with Crippen molar-refractivity contribution in [3.8, 4) is 0 Å². The van der Waals surface area contributed by atoms with Crippen LogP contribution in [-0.4, -0.2) is 66.6 Å². The summed E-state index contributed by atoms with van der Waals surface area (Å²) in [5.41, 5.74) is 0. The molecule has 0 heterocycles. The molecule has 0 saturated heterocycles. The molecule has 0 amide bonds. The second-order valence-corrected chi connectivity index (χ2v) is 9.17. The normalized spacial score (nSPS) is 12.0. The fourth-order valence-electron chi connectivity index (χ4n) is 1.28. The van der Waals surface area contributed by atoms with Crippen LogP contribution in [0.4, 0.5) is 0 Å². The van der Waals surface area contributed by atoms with E-state index in [4.69, 9.17) is 23.1 Å². The molecule has 0 aliphatic carbocycles. The molecule has 0 aromatic carbocycles. The maximum Gasteiger partial charge on any atom is 0.500 e. The lowest BCUT2D eigenvalue weighted by molar-refractivity contribution is 0.103. The second kappa shape index (κ2) is 12.7. The Morgan fingerprint density at radius 2 is 1.56 bits per heavy atom. The van der Waals surface area contributed by atoms with Gasteiger partial charge in [0.1, 0.15) is 0 Å². The molecule has 1 N–H and O–H groups in total. The van der Waals surface area contributed by atoms with Gasteiger partial charge in [0.05, 0.1) is 19.8 Å². The van der Waals surface area contributed by atoms with Crippen molar-refractivity contribution in [2.75, 3.05) is 52.7 Å². The predicted molar refractivity (Wildman–Crippen MR) is 79.0 cm³/mol. The molecule has 0 aliphatic heterocycles. The van der Waals surface area contributed by atoms with Gasteiger partial charge in [-0.15, -0.1) is 0 Å². The average molecular weight is 317 g/mol. The third-order valence-corrected chi connectivity index (χ3v) is 7.56. The van der Waals surface area contributed by atoms with Crippen molar-refractivity contribution < 1.29 is 23.1 Å². The molecule has 18 heavy (non-hydrogen) atoms. The van der Waals surface area contributed by atoms with Crippen LogP contribution in [0, 0.1) is 0 Å². The summed E-state index contributed by atoms with van der Waals surface area (Å²) in [6.07, 6.45) is 1.01. The molecule has 0 unspecified atom stereocenters. The number of hydrogen-bond acceptors (Lipinski definition) is 7. The van der Waals surface area contributed by atoms with Gasteiger partial charge in [-0.3, -0.25) is 0 Å². The van der Waals surface area contributed by atoms with Gasteiger partial charge in [0.25, 0.3) is 0 Å². The fraction of sp³-hybridized carbons (Fsp3) is 1.00. The Morgan fingerprint density at radius 1 is 0.944 bits per heavy atom. The summed E-state index contributed by atoms with van der Waals surface area (Å²) in [5.74, 6) is 1.97. The summed E-state index contributed by atoms with van der Waals surface area (Å²) in [4.78, 5) is 0. The van der Waals surface area contributed by atoms with Gasteiger partial charge in [-0.05, 0) is 6.42 Å². The van der Waals surface area contributed by atoms with E-state index in [0.717, 1.165) is 24.0 Å². The molecule has 5 nitrogen and oxygen atoms in total. The monoisotopic (exact) mass is 316 g/mol. The highest BCUT2D eigenvalue weighted by Gasteiger charge is 2.36. The first-order chi connectivity index (χ1) is 8.74. The summed E-state index contributed by atoms with van der Waals surface area (Å²) in [7, 11) is 6.13. The molecule has 8 heteroatoms. The Hall–Kier alpha value is 0.717. The Morgan fingerprint density at radius 3 is 2.11 bits per heavy atom. The minimum absolute atomic E-state index is 0.0928. The summed E-state index contributed by atoms with van der Waals surface area (Å²) in [6.45, 7) is 1.20. The van der Waals surface area contributed by atoms with Crippen LogP contribution >= 0.6 is 21.6 Å². The average Bonchev–Trinajstić information content (AvgIpc) is 2.42. The van der Waals surface area contributed by atoms with Crippen LogP contribution in [0.3, 0.4) is 0 Å². The van der Waals surface area contributed by atoms with Crippen LogP contribution in [-0.2, 0) is 18.0 Å². The highest BCUT2D eigenvalue weighted by Crippen LogP contribution is 2.24. The van der Waals surface area contributed by atoms with Crippen LogP contribution in [0.25, 0.3) is 0 Å². The minimum atomic E-state index is -2.38. The van der Waals surface area contributed by atoms with Crippen molar-refractivity contribution in [3.63, 3.8) is 0 Å². The molecule has 0 radical (unpaired) electrons. The Bertz CT molecular complexity index is 175. The molecular weight excluding hydrogens is 292 g/mol. The number of rotatable bonds is 13. The van der Waals surface area contributed by atoms with Crippen LogP contribution in [0.2, 0.25) is 6.04 Å². The Balaban J connectivity index is 3.38. The zero-order chi connectivity index (χ0) is 13.7. The van der Waals surface area contributed by atoms with Crippen molar-refractivity contribution >= 4 is 30.4 Å². The van der Waals surface area contributed by atoms with E-state index in [2.05, 4.69) is 0 Å². The Labute approximate surface area is 119 Å². The molecule has 0 fully saturated rings. The molecule has 0 bridgehead atoms. The standard InChI is InChI=1S/C10H24O5S2Si/c1-12-18(13-2,14-3)10-4-8-16-17-9-7-15-6-5-11/h11H,4-10H2,1-3H3. The van der Waals surface area contributed by atoms with Crippen molar-refractivity contribution in [1.29, 1.82) is 0 Å². The summed E-state index contributed by atoms with van der Waals surface area (Å²) in [6, 6.07) is 0.838. The van der Waals surface area contributed by atoms with E-state index in [1.165, 1.54) is 0 Å². The highest BCUT2D eigenvalue weighted by atomic mass is 33.1. The van der Waals surface area contributed by atoms with Gasteiger partial charge in [-0.2, -0.15) is 0 Å². The fourth-order valence-corrected chi connectivity index (χ4v) is 5.21. The summed E-state index contributed by atoms with van der Waals surface area (Å²) >= 11 is 0. The lowest BCUT2D eigenvalue weighted by atomic mass is 10.6. The number of aliphatic hydroxyl groups excluding tert-OH is 1. The van der Waals surface area contributed by atoms with Gasteiger partial charge in [-0.1, -0.05) is 21.6 Å². The second-order valence-electron chi connectivity index (χ2n) is 3.38. The van der Waals surface area contributed by atoms with E-state index in [-0.39, 0.29) is 6.61 Å². The van der Waals surface area contributed by atoms with Crippen molar-refractivity contribution in [2.24, 2.45) is 0 Å². The third kappa shape index (κ3) is 8.76. The maximum absolute atomic E-state index is 8.52. The molecule has 0 rings (SSSR count). The Kier molecular flexibility index (Phi) is 13.2. The first-order valence-corrected chi connectivity index (χ1v) is 10.2. The molecule has 0 spiro atoms. The number of hydrogen-bond donors (Lipinski definition) is 1. The van der Waals surface area contributed by atoms with Gasteiger partial charge in [0, 0.05) is 38.9 Å². The van der Waals surface area contributed by atoms with E-state index in [9.17, 15) is 0 Å². The number of ether oxygens (including phenoxy) is 1. The minimum Gasteiger partial charge on any atom is -0.394 e. The molecule has 110 valence electrons. The lowest BCUT2D eigenvalue weighted by Crippen LogP contribution is -2.42. The predicted octanol–water partition coefficient (Wildman–Crippen LogP) is 1.64. The third-order valence-electron chi connectivity index (χ3n) is 2.27.